The Morgan fingerprint density at radius 2 is 1.95 bits per heavy atom. The lowest BCUT2D eigenvalue weighted by Crippen LogP contribution is -2.48. The maximum Gasteiger partial charge on any atom is 0.245 e. The number of nitrogens with two attached hydrogens (primary N) is 1. The van der Waals surface area contributed by atoms with Gasteiger partial charge in [0.25, 0.3) is 0 Å². The summed E-state index contributed by atoms with van der Waals surface area (Å²) in [6.45, 7) is 3.90. The molecule has 0 atom stereocenters. The van der Waals surface area contributed by atoms with Gasteiger partial charge in [0, 0.05) is 12.1 Å². The van der Waals surface area contributed by atoms with Crippen molar-refractivity contribution in [2.45, 2.75) is 24.3 Å². The van der Waals surface area contributed by atoms with E-state index in [1.54, 1.807) is 0 Å². The van der Waals surface area contributed by atoms with Gasteiger partial charge in [0.05, 0.1) is 5.69 Å². The molecule has 0 spiro atoms. The van der Waals surface area contributed by atoms with Crippen LogP contribution >= 0.6 is 0 Å². The highest BCUT2D eigenvalue weighted by atomic mass is 32.2. The number of nitrogens with zero attached hydrogens (tertiary/aromatic N) is 1. The zero-order valence-corrected chi connectivity index (χ0v) is 12.4. The van der Waals surface area contributed by atoms with Gasteiger partial charge in [-0.05, 0) is 40.1 Å². The van der Waals surface area contributed by atoms with Crippen molar-refractivity contribution in [3.63, 3.8) is 0 Å². The van der Waals surface area contributed by atoms with Gasteiger partial charge in [-0.25, -0.2) is 17.5 Å². The predicted molar refractivity (Wildman–Crippen MR) is 73.8 cm³/mol. The number of likely N-dealkylation sites (N-methyl/N-ethyl adjacent to an activating group) is 1. The van der Waals surface area contributed by atoms with Crippen LogP contribution in [0.4, 0.5) is 10.1 Å². The number of hydrogen-bond donors (Lipinski definition) is 2. The molecule has 0 radical (unpaired) electrons. The summed E-state index contributed by atoms with van der Waals surface area (Å²) in [4.78, 5) is 1.38. The van der Waals surface area contributed by atoms with Crippen molar-refractivity contribution in [3.05, 3.63) is 24.0 Å². The number of anilines is 1. The third kappa shape index (κ3) is 3.65. The largest absolute Gasteiger partial charge is 0.398 e. The van der Waals surface area contributed by atoms with Crippen LogP contribution < -0.4 is 10.5 Å². The lowest BCUT2D eigenvalue weighted by molar-refractivity contribution is 0.199. The van der Waals surface area contributed by atoms with E-state index in [-0.39, 0.29) is 12.2 Å². The fraction of sp³-hybridized carbons (Fsp3) is 0.500. The van der Waals surface area contributed by atoms with Crippen LogP contribution in [0.3, 0.4) is 0 Å². The van der Waals surface area contributed by atoms with Crippen molar-refractivity contribution in [1.82, 2.24) is 9.62 Å². The topological polar surface area (TPSA) is 75.4 Å². The summed E-state index contributed by atoms with van der Waals surface area (Å²) in [5.41, 5.74) is 5.04. The summed E-state index contributed by atoms with van der Waals surface area (Å²) in [6, 6.07) is 3.80. The van der Waals surface area contributed by atoms with Gasteiger partial charge in [-0.15, -0.1) is 0 Å². The maximum absolute atomic E-state index is 13.6. The van der Waals surface area contributed by atoms with Gasteiger partial charge in [0.15, 0.2) is 0 Å². The van der Waals surface area contributed by atoms with E-state index in [1.807, 2.05) is 32.8 Å². The van der Waals surface area contributed by atoms with Crippen LogP contribution in [0.1, 0.15) is 13.8 Å². The number of nitrogens with one attached hydrogen (secondary N) is 1. The number of halogens is 1. The van der Waals surface area contributed by atoms with E-state index in [1.165, 1.54) is 12.1 Å². The second-order valence-corrected chi connectivity index (χ2v) is 6.89. The predicted octanol–water partition coefficient (Wildman–Crippen LogP) is 1.03. The second kappa shape index (κ2) is 5.44. The van der Waals surface area contributed by atoms with Crippen molar-refractivity contribution in [1.29, 1.82) is 0 Å². The van der Waals surface area contributed by atoms with Gasteiger partial charge in [-0.2, -0.15) is 0 Å². The Hall–Kier alpha value is -1.18. The van der Waals surface area contributed by atoms with Crippen molar-refractivity contribution in [2.75, 3.05) is 26.4 Å². The molecule has 1 rings (SSSR count). The third-order valence-electron chi connectivity index (χ3n) is 3.17. The zero-order chi connectivity index (χ0) is 14.8. The Balaban J connectivity index is 3.01. The van der Waals surface area contributed by atoms with Crippen LogP contribution in [0.15, 0.2) is 23.1 Å². The average Bonchev–Trinajstić information content (AvgIpc) is 2.26. The van der Waals surface area contributed by atoms with Gasteiger partial charge in [0.1, 0.15) is 10.7 Å². The molecule has 1 aromatic rings. The van der Waals surface area contributed by atoms with Crippen LogP contribution in [-0.2, 0) is 10.0 Å². The minimum atomic E-state index is -3.96. The third-order valence-corrected chi connectivity index (χ3v) is 4.66. The Kier molecular flexibility index (Phi) is 4.54. The van der Waals surface area contributed by atoms with Crippen LogP contribution in [0.2, 0.25) is 0 Å². The minimum absolute atomic E-state index is 0.102. The molecule has 0 aliphatic heterocycles. The Bertz CT molecular complexity index is 536. The van der Waals surface area contributed by atoms with Crippen LogP contribution in [0, 0.1) is 5.82 Å². The summed E-state index contributed by atoms with van der Waals surface area (Å²) in [5.74, 6) is -0.852. The fourth-order valence-electron chi connectivity index (χ4n) is 1.31. The molecule has 0 saturated carbocycles. The molecule has 0 aromatic heterocycles. The molecule has 5 nitrogen and oxygen atoms in total. The first-order chi connectivity index (χ1) is 8.58. The molecule has 0 bridgehead atoms. The molecule has 0 amide bonds. The zero-order valence-electron chi connectivity index (χ0n) is 11.6. The second-order valence-electron chi connectivity index (χ2n) is 5.19. The van der Waals surface area contributed by atoms with Gasteiger partial charge >= 0.3 is 0 Å². The highest BCUT2D eigenvalue weighted by molar-refractivity contribution is 7.89. The standard InChI is InChI=1S/C12H20FN3O2S/c1-12(2,16(3)4)8-15-19(17,18)11-9(13)6-5-7-10(11)14/h5-7,15H,8,14H2,1-4H3. The maximum atomic E-state index is 13.6. The van der Waals surface area contributed by atoms with E-state index >= 15 is 0 Å². The molecule has 0 fully saturated rings. The molecule has 0 aliphatic carbocycles. The molecule has 1 aromatic carbocycles. The van der Waals surface area contributed by atoms with E-state index in [9.17, 15) is 12.8 Å². The van der Waals surface area contributed by atoms with E-state index in [4.69, 9.17) is 5.73 Å². The number of nitrogen functional groups attached to an aromatic ring is 1. The highest BCUT2D eigenvalue weighted by Gasteiger charge is 2.27. The number of rotatable bonds is 5. The first kappa shape index (κ1) is 15.9. The van der Waals surface area contributed by atoms with Crippen molar-refractivity contribution in [2.24, 2.45) is 0 Å². The summed E-state index contributed by atoms with van der Waals surface area (Å²) >= 11 is 0. The molecule has 0 heterocycles. The summed E-state index contributed by atoms with van der Waals surface area (Å²) in [7, 11) is -0.287. The summed E-state index contributed by atoms with van der Waals surface area (Å²) in [6.07, 6.45) is 0. The quantitative estimate of drug-likeness (QED) is 0.794. The molecule has 7 heteroatoms. The van der Waals surface area contributed by atoms with Crippen LogP contribution in [0.25, 0.3) is 0 Å². The van der Waals surface area contributed by atoms with Crippen LogP contribution in [0.5, 0.6) is 0 Å². The molecule has 3 N–H and O–H groups in total. The Morgan fingerprint density at radius 1 is 1.37 bits per heavy atom. The lowest BCUT2D eigenvalue weighted by atomic mass is 10.1. The highest BCUT2D eigenvalue weighted by Crippen LogP contribution is 2.21. The number of benzene rings is 1. The van der Waals surface area contributed by atoms with E-state index in [2.05, 4.69) is 4.72 Å². The first-order valence-electron chi connectivity index (χ1n) is 5.79. The average molecular weight is 289 g/mol. The van der Waals surface area contributed by atoms with Gasteiger partial charge in [0.2, 0.25) is 10.0 Å². The smallest absolute Gasteiger partial charge is 0.245 e. The number of hydrogen-bond acceptors (Lipinski definition) is 4. The molecule has 108 valence electrons. The Labute approximate surface area is 113 Å². The van der Waals surface area contributed by atoms with Gasteiger partial charge in [-0.1, -0.05) is 6.07 Å². The number of sulfonamides is 1. The normalized spacial score (nSPS) is 12.9. The lowest BCUT2D eigenvalue weighted by Gasteiger charge is -2.32. The SMILES string of the molecule is CN(C)C(C)(C)CNS(=O)(=O)c1c(N)cccc1F. The first-order valence-corrected chi connectivity index (χ1v) is 7.27. The van der Waals surface area contributed by atoms with E-state index in [0.29, 0.717) is 0 Å². The van der Waals surface area contributed by atoms with Crippen LogP contribution in [-0.4, -0.2) is 39.5 Å². The van der Waals surface area contributed by atoms with Crippen molar-refractivity contribution < 1.29 is 12.8 Å². The van der Waals surface area contributed by atoms with Crippen molar-refractivity contribution >= 4 is 15.7 Å². The molecular formula is C12H20FN3O2S. The van der Waals surface area contributed by atoms with Gasteiger partial charge < -0.3 is 10.6 Å². The minimum Gasteiger partial charge on any atom is -0.398 e. The monoisotopic (exact) mass is 289 g/mol. The molecule has 19 heavy (non-hydrogen) atoms. The van der Waals surface area contributed by atoms with E-state index < -0.39 is 26.3 Å². The summed E-state index contributed by atoms with van der Waals surface area (Å²) in [5, 5.41) is 0. The fourth-order valence-corrected chi connectivity index (χ4v) is 2.70. The van der Waals surface area contributed by atoms with E-state index in [0.717, 1.165) is 6.07 Å². The van der Waals surface area contributed by atoms with Crippen molar-refractivity contribution in [3.8, 4) is 0 Å². The molecule has 0 unspecified atom stereocenters. The molecule has 0 aliphatic rings. The Morgan fingerprint density at radius 3 is 2.42 bits per heavy atom. The molecular weight excluding hydrogens is 269 g/mol. The molecule has 0 saturated heterocycles. The van der Waals surface area contributed by atoms with Gasteiger partial charge in [-0.3, -0.25) is 0 Å². The summed E-state index contributed by atoms with van der Waals surface area (Å²) < 4.78 is 40.2.